The Hall–Kier alpha value is -2.15. The molecule has 1 aromatic rings. The highest BCUT2D eigenvalue weighted by atomic mass is 16.2. The van der Waals surface area contributed by atoms with Crippen LogP contribution in [0.15, 0.2) is 18.2 Å². The van der Waals surface area contributed by atoms with E-state index in [1.165, 1.54) is 0 Å². The molecule has 2 rings (SSSR count). The molecule has 102 valence electrons. The Morgan fingerprint density at radius 1 is 1.42 bits per heavy atom. The van der Waals surface area contributed by atoms with E-state index < -0.39 is 11.9 Å². The number of anilines is 1. The smallest absolute Gasteiger partial charge is 0.270 e. The molecule has 1 aromatic heterocycles. The van der Waals surface area contributed by atoms with E-state index in [-0.39, 0.29) is 17.6 Å². The van der Waals surface area contributed by atoms with Crippen LogP contribution in [0.1, 0.15) is 30.3 Å². The van der Waals surface area contributed by atoms with Gasteiger partial charge >= 0.3 is 0 Å². The summed E-state index contributed by atoms with van der Waals surface area (Å²) in [6, 6.07) is 4.53. The number of hydrazine groups is 1. The number of hydrogen-bond acceptors (Lipinski definition) is 5. The van der Waals surface area contributed by atoms with E-state index in [0.717, 1.165) is 12.8 Å². The topological polar surface area (TPSA) is 109 Å². The lowest BCUT2D eigenvalue weighted by molar-refractivity contribution is -0.122. The summed E-state index contributed by atoms with van der Waals surface area (Å²) in [5.41, 5.74) is 2.57. The second-order valence-corrected chi connectivity index (χ2v) is 4.53. The molecular weight excluding hydrogens is 246 g/mol. The summed E-state index contributed by atoms with van der Waals surface area (Å²) in [7, 11) is 0. The maximum absolute atomic E-state index is 11.9. The minimum atomic E-state index is -0.593. The van der Waals surface area contributed by atoms with Gasteiger partial charge in [0, 0.05) is 6.04 Å². The van der Waals surface area contributed by atoms with Gasteiger partial charge in [-0.25, -0.2) is 10.8 Å². The first-order chi connectivity index (χ1) is 9.10. The van der Waals surface area contributed by atoms with Crippen molar-refractivity contribution in [2.75, 3.05) is 5.43 Å². The minimum absolute atomic E-state index is 0.177. The van der Waals surface area contributed by atoms with Gasteiger partial charge in [-0.05, 0) is 31.9 Å². The van der Waals surface area contributed by atoms with Crippen LogP contribution in [-0.4, -0.2) is 28.9 Å². The Morgan fingerprint density at radius 3 is 2.79 bits per heavy atom. The van der Waals surface area contributed by atoms with E-state index in [2.05, 4.69) is 21.0 Å². The summed E-state index contributed by atoms with van der Waals surface area (Å²) in [5, 5.41) is 5.42. The fraction of sp³-hybridized carbons (Fsp3) is 0.417. The van der Waals surface area contributed by atoms with Crippen LogP contribution in [0.25, 0.3) is 0 Å². The van der Waals surface area contributed by atoms with Gasteiger partial charge in [-0.1, -0.05) is 6.07 Å². The molecule has 2 amide bonds. The maximum Gasteiger partial charge on any atom is 0.270 e. The normalized spacial score (nSPS) is 15.5. The molecular formula is C12H17N5O2. The van der Waals surface area contributed by atoms with E-state index in [1.807, 2.05) is 0 Å². The molecule has 0 spiro atoms. The Labute approximate surface area is 110 Å². The number of pyridine rings is 1. The van der Waals surface area contributed by atoms with E-state index >= 15 is 0 Å². The zero-order chi connectivity index (χ0) is 13.8. The number of hydrogen-bond donors (Lipinski definition) is 4. The second-order valence-electron chi connectivity index (χ2n) is 4.53. The molecule has 0 radical (unpaired) electrons. The third-order valence-electron chi connectivity index (χ3n) is 2.79. The molecule has 0 aromatic carbocycles. The molecule has 1 fully saturated rings. The van der Waals surface area contributed by atoms with Gasteiger partial charge in [0.1, 0.15) is 17.6 Å². The van der Waals surface area contributed by atoms with E-state index in [0.29, 0.717) is 5.82 Å². The van der Waals surface area contributed by atoms with Crippen molar-refractivity contribution in [2.24, 2.45) is 5.84 Å². The van der Waals surface area contributed by atoms with Crippen molar-refractivity contribution in [3.05, 3.63) is 23.9 Å². The molecule has 5 N–H and O–H groups in total. The van der Waals surface area contributed by atoms with Crippen molar-refractivity contribution in [1.82, 2.24) is 15.6 Å². The number of nitrogens with zero attached hydrogens (tertiary/aromatic N) is 1. The summed E-state index contributed by atoms with van der Waals surface area (Å²) in [5.74, 6) is 5.03. The van der Waals surface area contributed by atoms with Crippen LogP contribution in [0.4, 0.5) is 5.82 Å². The van der Waals surface area contributed by atoms with Crippen LogP contribution in [0.3, 0.4) is 0 Å². The highest BCUT2D eigenvalue weighted by Crippen LogP contribution is 2.18. The summed E-state index contributed by atoms with van der Waals surface area (Å²) in [6.45, 7) is 1.64. The minimum Gasteiger partial charge on any atom is -0.352 e. The quantitative estimate of drug-likeness (QED) is 0.433. The van der Waals surface area contributed by atoms with Crippen molar-refractivity contribution < 1.29 is 9.59 Å². The average molecular weight is 263 g/mol. The zero-order valence-corrected chi connectivity index (χ0v) is 10.6. The molecule has 19 heavy (non-hydrogen) atoms. The average Bonchev–Trinajstić information content (AvgIpc) is 3.22. The molecule has 7 heteroatoms. The number of nitrogen functional groups attached to an aromatic ring is 1. The third kappa shape index (κ3) is 3.65. The van der Waals surface area contributed by atoms with Crippen molar-refractivity contribution in [2.45, 2.75) is 31.8 Å². The van der Waals surface area contributed by atoms with Gasteiger partial charge in [-0.15, -0.1) is 0 Å². The summed E-state index contributed by atoms with van der Waals surface area (Å²) < 4.78 is 0. The lowest BCUT2D eigenvalue weighted by Gasteiger charge is -2.13. The number of rotatable bonds is 5. The van der Waals surface area contributed by atoms with Crippen molar-refractivity contribution in [3.8, 4) is 0 Å². The monoisotopic (exact) mass is 263 g/mol. The van der Waals surface area contributed by atoms with E-state index in [1.54, 1.807) is 25.1 Å². The first kappa shape index (κ1) is 13.3. The number of carbonyl (C=O) groups is 2. The van der Waals surface area contributed by atoms with Crippen LogP contribution >= 0.6 is 0 Å². The lowest BCUT2D eigenvalue weighted by atomic mass is 10.2. The molecule has 1 unspecified atom stereocenters. The molecule has 0 aliphatic heterocycles. The van der Waals surface area contributed by atoms with Crippen LogP contribution in [-0.2, 0) is 4.79 Å². The Bertz CT molecular complexity index is 487. The number of aromatic nitrogens is 1. The predicted octanol–water partition coefficient (Wildman–Crippen LogP) is -0.236. The molecule has 1 aliphatic rings. The number of carbonyl (C=O) groups excluding carboxylic acids is 2. The molecule has 1 atom stereocenters. The highest BCUT2D eigenvalue weighted by molar-refractivity contribution is 5.96. The van der Waals surface area contributed by atoms with Crippen molar-refractivity contribution >= 4 is 17.6 Å². The molecule has 1 heterocycles. The third-order valence-corrected chi connectivity index (χ3v) is 2.79. The highest BCUT2D eigenvalue weighted by Gasteiger charge is 2.26. The number of amides is 2. The van der Waals surface area contributed by atoms with Gasteiger partial charge in [0.25, 0.3) is 5.91 Å². The summed E-state index contributed by atoms with van der Waals surface area (Å²) >= 11 is 0. The molecule has 0 bridgehead atoms. The molecule has 7 nitrogen and oxygen atoms in total. The number of nitrogens with two attached hydrogens (primary N) is 1. The Morgan fingerprint density at radius 2 is 2.16 bits per heavy atom. The first-order valence-corrected chi connectivity index (χ1v) is 6.15. The van der Waals surface area contributed by atoms with Crippen LogP contribution in [0, 0.1) is 0 Å². The van der Waals surface area contributed by atoms with Gasteiger partial charge in [-0.2, -0.15) is 0 Å². The number of nitrogens with one attached hydrogen (secondary N) is 3. The molecule has 0 saturated heterocycles. The molecule has 1 saturated carbocycles. The summed E-state index contributed by atoms with van der Waals surface area (Å²) in [4.78, 5) is 27.6. The SMILES string of the molecule is CC(NC(=O)c1cccc(NN)n1)C(=O)NC1CC1. The second kappa shape index (κ2) is 5.66. The fourth-order valence-electron chi connectivity index (χ4n) is 1.53. The van der Waals surface area contributed by atoms with Crippen molar-refractivity contribution in [1.29, 1.82) is 0 Å². The van der Waals surface area contributed by atoms with Crippen LogP contribution in [0.5, 0.6) is 0 Å². The standard InChI is InChI=1S/C12H17N5O2/c1-7(11(18)15-8-5-6-8)14-12(19)9-3-2-4-10(16-9)17-13/h2-4,7-8H,5-6,13H2,1H3,(H,14,19)(H,15,18)(H,16,17). The predicted molar refractivity (Wildman–Crippen MR) is 70.1 cm³/mol. The fourth-order valence-corrected chi connectivity index (χ4v) is 1.53. The molecule has 1 aliphatic carbocycles. The van der Waals surface area contributed by atoms with Crippen molar-refractivity contribution in [3.63, 3.8) is 0 Å². The first-order valence-electron chi connectivity index (χ1n) is 6.15. The van der Waals surface area contributed by atoms with E-state index in [9.17, 15) is 9.59 Å². The van der Waals surface area contributed by atoms with Gasteiger partial charge < -0.3 is 16.1 Å². The van der Waals surface area contributed by atoms with Crippen LogP contribution < -0.4 is 21.9 Å². The summed E-state index contributed by atoms with van der Waals surface area (Å²) in [6.07, 6.45) is 2.02. The van der Waals surface area contributed by atoms with Gasteiger partial charge in [-0.3, -0.25) is 9.59 Å². The van der Waals surface area contributed by atoms with E-state index in [4.69, 9.17) is 5.84 Å². The largest absolute Gasteiger partial charge is 0.352 e. The maximum atomic E-state index is 11.9. The zero-order valence-electron chi connectivity index (χ0n) is 10.6. The Balaban J connectivity index is 1.93. The van der Waals surface area contributed by atoms with Gasteiger partial charge in [0.15, 0.2) is 0 Å². The lowest BCUT2D eigenvalue weighted by Crippen LogP contribution is -2.45. The van der Waals surface area contributed by atoms with Gasteiger partial charge in [0.05, 0.1) is 0 Å². The van der Waals surface area contributed by atoms with Gasteiger partial charge in [0.2, 0.25) is 5.91 Å². The van der Waals surface area contributed by atoms with Crippen LogP contribution in [0.2, 0.25) is 0 Å². The Kier molecular flexibility index (Phi) is 3.96.